The van der Waals surface area contributed by atoms with Gasteiger partial charge in [0, 0.05) is 11.4 Å². The minimum atomic E-state index is 0.567. The van der Waals surface area contributed by atoms with Crippen molar-refractivity contribution in [2.75, 3.05) is 0 Å². The van der Waals surface area contributed by atoms with Gasteiger partial charge in [-0.3, -0.25) is 0 Å². The molecule has 0 aliphatic heterocycles. The fourth-order valence-electron chi connectivity index (χ4n) is 1.28. The number of hydrogen-bond acceptors (Lipinski definition) is 2. The number of hydrogen-bond donors (Lipinski definition) is 1. The summed E-state index contributed by atoms with van der Waals surface area (Å²) in [6.45, 7) is 0.567. The van der Waals surface area contributed by atoms with Gasteiger partial charge in [0.2, 0.25) is 0 Å². The van der Waals surface area contributed by atoms with Crippen LogP contribution in [0.4, 0.5) is 0 Å². The van der Waals surface area contributed by atoms with Crippen molar-refractivity contribution in [1.82, 2.24) is 0 Å². The molecule has 0 amide bonds. The fourth-order valence-corrected chi connectivity index (χ4v) is 2.51. The lowest BCUT2D eigenvalue weighted by Crippen LogP contribution is -1.92. The van der Waals surface area contributed by atoms with Crippen molar-refractivity contribution >= 4 is 34.5 Å². The molecule has 2 rings (SSSR count). The number of halogens is 2. The summed E-state index contributed by atoms with van der Waals surface area (Å²) in [5, 5.41) is 3.21. The van der Waals surface area contributed by atoms with Crippen molar-refractivity contribution in [3.05, 3.63) is 45.3 Å². The highest BCUT2D eigenvalue weighted by Crippen LogP contribution is 2.32. The Morgan fingerprint density at radius 2 is 1.93 bits per heavy atom. The summed E-state index contributed by atoms with van der Waals surface area (Å²) in [5.74, 6) is 0. The third-order valence-electron chi connectivity index (χ3n) is 2.09. The van der Waals surface area contributed by atoms with Gasteiger partial charge >= 0.3 is 0 Å². The standard InChI is InChI=1S/C11H9Cl2NS/c12-9-2-1-8(4-10(9)13)11-3-7(5-14)6-15-11/h1-4,6H,5,14H2. The third kappa shape index (κ3) is 2.34. The molecule has 0 spiro atoms. The molecule has 0 aliphatic carbocycles. The Bertz CT molecular complexity index is 479. The second-order valence-corrected chi connectivity index (χ2v) is 4.88. The van der Waals surface area contributed by atoms with Crippen molar-refractivity contribution in [3.8, 4) is 10.4 Å². The van der Waals surface area contributed by atoms with E-state index in [1.165, 1.54) is 0 Å². The van der Waals surface area contributed by atoms with E-state index in [1.54, 1.807) is 17.4 Å². The quantitative estimate of drug-likeness (QED) is 0.859. The van der Waals surface area contributed by atoms with E-state index in [9.17, 15) is 0 Å². The topological polar surface area (TPSA) is 26.0 Å². The molecule has 0 atom stereocenters. The third-order valence-corrected chi connectivity index (χ3v) is 3.86. The summed E-state index contributed by atoms with van der Waals surface area (Å²) < 4.78 is 0. The smallest absolute Gasteiger partial charge is 0.0598 e. The van der Waals surface area contributed by atoms with Gasteiger partial charge in [-0.15, -0.1) is 11.3 Å². The van der Waals surface area contributed by atoms with E-state index < -0.39 is 0 Å². The molecule has 1 aromatic carbocycles. The molecule has 1 heterocycles. The van der Waals surface area contributed by atoms with E-state index >= 15 is 0 Å². The molecule has 2 aromatic rings. The van der Waals surface area contributed by atoms with E-state index in [4.69, 9.17) is 28.9 Å². The molecule has 15 heavy (non-hydrogen) atoms. The summed E-state index contributed by atoms with van der Waals surface area (Å²) in [7, 11) is 0. The summed E-state index contributed by atoms with van der Waals surface area (Å²) in [4.78, 5) is 1.16. The van der Waals surface area contributed by atoms with Gasteiger partial charge in [0.05, 0.1) is 10.0 Å². The summed E-state index contributed by atoms with van der Waals surface area (Å²) >= 11 is 13.5. The van der Waals surface area contributed by atoms with Gasteiger partial charge in [-0.1, -0.05) is 29.3 Å². The molecule has 2 N–H and O–H groups in total. The van der Waals surface area contributed by atoms with Crippen LogP contribution in [0.1, 0.15) is 5.56 Å². The maximum Gasteiger partial charge on any atom is 0.0598 e. The summed E-state index contributed by atoms with van der Waals surface area (Å²) in [5.41, 5.74) is 7.77. The van der Waals surface area contributed by atoms with Crippen LogP contribution in [0.15, 0.2) is 29.6 Å². The van der Waals surface area contributed by atoms with Crippen molar-refractivity contribution in [2.45, 2.75) is 6.54 Å². The monoisotopic (exact) mass is 257 g/mol. The lowest BCUT2D eigenvalue weighted by molar-refractivity contribution is 1.08. The van der Waals surface area contributed by atoms with Crippen LogP contribution in [-0.2, 0) is 6.54 Å². The van der Waals surface area contributed by atoms with Crippen molar-refractivity contribution in [1.29, 1.82) is 0 Å². The van der Waals surface area contributed by atoms with Crippen LogP contribution in [0.2, 0.25) is 10.0 Å². The van der Waals surface area contributed by atoms with Crippen molar-refractivity contribution in [2.24, 2.45) is 5.73 Å². The molecular weight excluding hydrogens is 249 g/mol. The lowest BCUT2D eigenvalue weighted by Gasteiger charge is -1.99. The Hall–Kier alpha value is -0.540. The highest BCUT2D eigenvalue weighted by molar-refractivity contribution is 7.13. The molecule has 1 nitrogen and oxygen atoms in total. The minimum absolute atomic E-state index is 0.567. The molecule has 0 saturated heterocycles. The average molecular weight is 258 g/mol. The first-order valence-electron chi connectivity index (χ1n) is 4.43. The molecule has 1 aromatic heterocycles. The van der Waals surface area contributed by atoms with Gasteiger partial charge in [-0.2, -0.15) is 0 Å². The maximum atomic E-state index is 5.95. The zero-order chi connectivity index (χ0) is 10.8. The highest BCUT2D eigenvalue weighted by Gasteiger charge is 2.04. The van der Waals surface area contributed by atoms with Crippen LogP contribution in [-0.4, -0.2) is 0 Å². The Balaban J connectivity index is 2.40. The Labute approximate surface area is 102 Å². The Morgan fingerprint density at radius 3 is 2.53 bits per heavy atom. The fraction of sp³-hybridized carbons (Fsp3) is 0.0909. The largest absolute Gasteiger partial charge is 0.326 e. The van der Waals surface area contributed by atoms with E-state index in [0.29, 0.717) is 16.6 Å². The van der Waals surface area contributed by atoms with Gasteiger partial charge < -0.3 is 5.73 Å². The Kier molecular flexibility index (Phi) is 3.32. The molecule has 0 fully saturated rings. The molecule has 0 unspecified atom stereocenters. The molecule has 0 saturated carbocycles. The first-order chi connectivity index (χ1) is 7.20. The molecular formula is C11H9Cl2NS. The average Bonchev–Trinajstić information content (AvgIpc) is 2.70. The van der Waals surface area contributed by atoms with E-state index in [0.717, 1.165) is 16.0 Å². The molecule has 0 radical (unpaired) electrons. The zero-order valence-corrected chi connectivity index (χ0v) is 10.2. The summed E-state index contributed by atoms with van der Waals surface area (Å²) in [6.07, 6.45) is 0. The van der Waals surface area contributed by atoms with Crippen molar-refractivity contribution < 1.29 is 0 Å². The lowest BCUT2D eigenvalue weighted by atomic mass is 10.2. The second-order valence-electron chi connectivity index (χ2n) is 3.15. The SMILES string of the molecule is NCc1csc(-c2ccc(Cl)c(Cl)c2)c1. The molecule has 78 valence electrons. The summed E-state index contributed by atoms with van der Waals surface area (Å²) in [6, 6.07) is 7.71. The predicted octanol–water partition coefficient (Wildman–Crippen LogP) is 4.18. The molecule has 0 aliphatic rings. The normalized spacial score (nSPS) is 10.6. The van der Waals surface area contributed by atoms with E-state index in [2.05, 4.69) is 11.4 Å². The highest BCUT2D eigenvalue weighted by atomic mass is 35.5. The van der Waals surface area contributed by atoms with Crippen LogP contribution in [0.5, 0.6) is 0 Å². The maximum absolute atomic E-state index is 5.95. The van der Waals surface area contributed by atoms with Crippen molar-refractivity contribution in [3.63, 3.8) is 0 Å². The number of thiophene rings is 1. The number of benzene rings is 1. The molecule has 4 heteroatoms. The van der Waals surface area contributed by atoms with Crippen LogP contribution < -0.4 is 5.73 Å². The van der Waals surface area contributed by atoms with Crippen LogP contribution in [0, 0.1) is 0 Å². The van der Waals surface area contributed by atoms with Gasteiger partial charge in [0.15, 0.2) is 0 Å². The van der Waals surface area contributed by atoms with E-state index in [-0.39, 0.29) is 0 Å². The van der Waals surface area contributed by atoms with Crippen LogP contribution in [0.25, 0.3) is 10.4 Å². The van der Waals surface area contributed by atoms with Gasteiger partial charge in [-0.05, 0) is 34.7 Å². The first kappa shape index (κ1) is 11.0. The number of rotatable bonds is 2. The van der Waals surface area contributed by atoms with Gasteiger partial charge in [0.25, 0.3) is 0 Å². The van der Waals surface area contributed by atoms with Crippen LogP contribution in [0.3, 0.4) is 0 Å². The van der Waals surface area contributed by atoms with Crippen LogP contribution >= 0.6 is 34.5 Å². The second kappa shape index (κ2) is 4.54. The minimum Gasteiger partial charge on any atom is -0.326 e. The van der Waals surface area contributed by atoms with E-state index in [1.807, 2.05) is 12.1 Å². The Morgan fingerprint density at radius 1 is 1.13 bits per heavy atom. The van der Waals surface area contributed by atoms with Gasteiger partial charge in [0.1, 0.15) is 0 Å². The molecule has 0 bridgehead atoms. The number of nitrogens with two attached hydrogens (primary N) is 1. The zero-order valence-electron chi connectivity index (χ0n) is 7.84. The first-order valence-corrected chi connectivity index (χ1v) is 6.07. The van der Waals surface area contributed by atoms with Gasteiger partial charge in [-0.25, -0.2) is 0 Å². The predicted molar refractivity (Wildman–Crippen MR) is 67.7 cm³/mol.